The van der Waals surface area contributed by atoms with Crippen LogP contribution in [-0.4, -0.2) is 29.8 Å². The number of rotatable bonds is 8. The third-order valence-corrected chi connectivity index (χ3v) is 3.99. The predicted molar refractivity (Wildman–Crippen MR) is 97.2 cm³/mol. The zero-order valence-corrected chi connectivity index (χ0v) is 14.6. The number of amides is 1. The normalized spacial score (nSPS) is 10.5. The van der Waals surface area contributed by atoms with Gasteiger partial charge in [-0.15, -0.1) is 10.2 Å². The van der Waals surface area contributed by atoms with Crippen molar-refractivity contribution in [3.05, 3.63) is 77.5 Å². The van der Waals surface area contributed by atoms with Crippen LogP contribution in [0.1, 0.15) is 27.7 Å². The Morgan fingerprint density at radius 2 is 1.69 bits per heavy atom. The number of methoxy groups -OCH3 is 1. The molecule has 0 atom stereocenters. The van der Waals surface area contributed by atoms with Crippen molar-refractivity contribution >= 4 is 5.91 Å². The zero-order valence-electron chi connectivity index (χ0n) is 14.6. The number of nitrogens with zero attached hydrogens (tertiary/aromatic N) is 2. The van der Waals surface area contributed by atoms with Gasteiger partial charge in [-0.1, -0.05) is 42.5 Å². The van der Waals surface area contributed by atoms with Gasteiger partial charge in [0.15, 0.2) is 0 Å². The van der Waals surface area contributed by atoms with Crippen LogP contribution in [0.15, 0.2) is 59.0 Å². The summed E-state index contributed by atoms with van der Waals surface area (Å²) >= 11 is 0. The largest absolute Gasteiger partial charge is 0.497 e. The van der Waals surface area contributed by atoms with Crippen LogP contribution in [0.25, 0.3) is 0 Å². The van der Waals surface area contributed by atoms with Gasteiger partial charge in [0.1, 0.15) is 5.75 Å². The summed E-state index contributed by atoms with van der Waals surface area (Å²) in [5.74, 6) is 0.931. The van der Waals surface area contributed by atoms with E-state index in [-0.39, 0.29) is 11.8 Å². The van der Waals surface area contributed by atoms with E-state index in [1.54, 1.807) is 7.11 Å². The first-order valence-corrected chi connectivity index (χ1v) is 8.52. The summed E-state index contributed by atoms with van der Waals surface area (Å²) in [7, 11) is 1.63. The van der Waals surface area contributed by atoms with E-state index in [1.165, 1.54) is 5.56 Å². The van der Waals surface area contributed by atoms with Crippen LogP contribution in [0.4, 0.5) is 0 Å². The Bertz CT molecular complexity index is 829. The Morgan fingerprint density at radius 1 is 0.962 bits per heavy atom. The third kappa shape index (κ3) is 4.92. The van der Waals surface area contributed by atoms with Crippen molar-refractivity contribution < 1.29 is 13.9 Å². The minimum atomic E-state index is -0.350. The van der Waals surface area contributed by atoms with Crippen LogP contribution >= 0.6 is 0 Å². The lowest BCUT2D eigenvalue weighted by Crippen LogP contribution is -2.26. The first-order chi connectivity index (χ1) is 12.7. The molecule has 0 aliphatic rings. The molecular weight excluding hydrogens is 330 g/mol. The summed E-state index contributed by atoms with van der Waals surface area (Å²) in [4.78, 5) is 12.1. The van der Waals surface area contributed by atoms with Gasteiger partial charge < -0.3 is 14.5 Å². The van der Waals surface area contributed by atoms with Gasteiger partial charge in [-0.3, -0.25) is 4.79 Å². The molecule has 6 heteroatoms. The minimum Gasteiger partial charge on any atom is -0.497 e. The van der Waals surface area contributed by atoms with E-state index in [4.69, 9.17) is 9.15 Å². The Balaban J connectivity index is 1.45. The Hall–Kier alpha value is -3.15. The number of hydrogen-bond acceptors (Lipinski definition) is 5. The molecular formula is C20H21N3O3. The molecule has 3 rings (SSSR count). The van der Waals surface area contributed by atoms with Crippen LogP contribution in [-0.2, 0) is 19.3 Å². The van der Waals surface area contributed by atoms with Gasteiger partial charge in [0.05, 0.1) is 7.11 Å². The smallest absolute Gasteiger partial charge is 0.308 e. The molecule has 1 N–H and O–H groups in total. The summed E-state index contributed by atoms with van der Waals surface area (Å²) in [5.41, 5.74) is 2.30. The highest BCUT2D eigenvalue weighted by atomic mass is 16.5. The topological polar surface area (TPSA) is 77.2 Å². The molecule has 0 aliphatic carbocycles. The van der Waals surface area contributed by atoms with E-state index in [0.717, 1.165) is 17.7 Å². The molecule has 0 saturated carbocycles. The van der Waals surface area contributed by atoms with Gasteiger partial charge in [0.2, 0.25) is 5.89 Å². The van der Waals surface area contributed by atoms with Gasteiger partial charge >= 0.3 is 11.8 Å². The molecule has 0 fully saturated rings. The second kappa shape index (κ2) is 8.80. The van der Waals surface area contributed by atoms with E-state index in [9.17, 15) is 4.79 Å². The zero-order chi connectivity index (χ0) is 18.2. The molecule has 134 valence electrons. The fourth-order valence-electron chi connectivity index (χ4n) is 2.53. The number of hydrogen-bond donors (Lipinski definition) is 1. The molecule has 1 aromatic heterocycles. The number of benzene rings is 2. The molecule has 2 aromatic carbocycles. The SMILES string of the molecule is COc1ccc(CCNC(=O)c2nnc(CCc3ccccc3)o2)cc1. The first-order valence-electron chi connectivity index (χ1n) is 8.52. The van der Waals surface area contributed by atoms with Crippen LogP contribution in [0, 0.1) is 0 Å². The lowest BCUT2D eigenvalue weighted by atomic mass is 10.1. The quantitative estimate of drug-likeness (QED) is 0.675. The average Bonchev–Trinajstić information content (AvgIpc) is 3.17. The number of ether oxygens (including phenoxy) is 1. The van der Waals surface area contributed by atoms with Crippen LogP contribution in [0.2, 0.25) is 0 Å². The molecule has 0 spiro atoms. The van der Waals surface area contributed by atoms with Crippen molar-refractivity contribution in [2.45, 2.75) is 19.3 Å². The van der Waals surface area contributed by atoms with Crippen LogP contribution in [0.5, 0.6) is 5.75 Å². The van der Waals surface area contributed by atoms with Crippen molar-refractivity contribution in [2.75, 3.05) is 13.7 Å². The Labute approximate surface area is 152 Å². The van der Waals surface area contributed by atoms with Crippen molar-refractivity contribution in [3.8, 4) is 5.75 Å². The second-order valence-corrected chi connectivity index (χ2v) is 5.84. The Kier molecular flexibility index (Phi) is 5.98. The molecule has 0 saturated heterocycles. The van der Waals surface area contributed by atoms with Crippen LogP contribution < -0.4 is 10.1 Å². The van der Waals surface area contributed by atoms with Crippen molar-refractivity contribution in [3.63, 3.8) is 0 Å². The number of nitrogens with one attached hydrogen (secondary N) is 1. The molecule has 0 radical (unpaired) electrons. The molecule has 0 aliphatic heterocycles. The number of carbonyl (C=O) groups excluding carboxylic acids is 1. The van der Waals surface area contributed by atoms with Crippen molar-refractivity contribution in [1.82, 2.24) is 15.5 Å². The third-order valence-electron chi connectivity index (χ3n) is 3.99. The molecule has 0 bridgehead atoms. The highest BCUT2D eigenvalue weighted by Gasteiger charge is 2.14. The molecule has 26 heavy (non-hydrogen) atoms. The van der Waals surface area contributed by atoms with Gasteiger partial charge in [-0.2, -0.15) is 0 Å². The highest BCUT2D eigenvalue weighted by Crippen LogP contribution is 2.11. The van der Waals surface area contributed by atoms with Gasteiger partial charge in [0, 0.05) is 13.0 Å². The van der Waals surface area contributed by atoms with E-state index in [2.05, 4.69) is 15.5 Å². The monoisotopic (exact) mass is 351 g/mol. The average molecular weight is 351 g/mol. The second-order valence-electron chi connectivity index (χ2n) is 5.84. The standard InChI is InChI=1S/C20H21N3O3/c1-25-17-10-7-16(8-11-17)13-14-21-19(24)20-23-22-18(26-20)12-9-15-5-3-2-4-6-15/h2-8,10-11H,9,12-14H2,1H3,(H,21,24). The molecule has 6 nitrogen and oxygen atoms in total. The van der Waals surface area contributed by atoms with Crippen LogP contribution in [0.3, 0.4) is 0 Å². The summed E-state index contributed by atoms with van der Waals surface area (Å²) < 4.78 is 10.6. The highest BCUT2D eigenvalue weighted by molar-refractivity contribution is 5.89. The molecule has 1 amide bonds. The first kappa shape index (κ1) is 17.7. The number of aromatic nitrogens is 2. The Morgan fingerprint density at radius 3 is 2.42 bits per heavy atom. The van der Waals surface area contributed by atoms with Crippen molar-refractivity contribution in [1.29, 1.82) is 0 Å². The summed E-state index contributed by atoms with van der Waals surface area (Å²) in [5, 5.41) is 10.6. The summed E-state index contributed by atoms with van der Waals surface area (Å²) in [6.45, 7) is 0.493. The molecule has 3 aromatic rings. The van der Waals surface area contributed by atoms with Crippen molar-refractivity contribution in [2.24, 2.45) is 0 Å². The lowest BCUT2D eigenvalue weighted by molar-refractivity contribution is 0.0917. The maximum absolute atomic E-state index is 12.1. The van der Waals surface area contributed by atoms with E-state index < -0.39 is 0 Å². The van der Waals surface area contributed by atoms with Gasteiger partial charge in [-0.25, -0.2) is 0 Å². The van der Waals surface area contributed by atoms with Gasteiger partial charge in [-0.05, 0) is 36.1 Å². The van der Waals surface area contributed by atoms with E-state index in [1.807, 2.05) is 54.6 Å². The maximum Gasteiger partial charge on any atom is 0.308 e. The summed E-state index contributed by atoms with van der Waals surface area (Å²) in [6.07, 6.45) is 2.11. The number of aryl methyl sites for hydroxylation is 2. The molecule has 0 unspecified atom stereocenters. The van der Waals surface area contributed by atoms with E-state index >= 15 is 0 Å². The summed E-state index contributed by atoms with van der Waals surface area (Å²) in [6, 6.07) is 17.8. The fourth-order valence-corrected chi connectivity index (χ4v) is 2.53. The lowest BCUT2D eigenvalue weighted by Gasteiger charge is -2.04. The van der Waals surface area contributed by atoms with Gasteiger partial charge in [0.25, 0.3) is 0 Å². The van der Waals surface area contributed by atoms with E-state index in [0.29, 0.717) is 25.3 Å². The fraction of sp³-hybridized carbons (Fsp3) is 0.250. The number of carbonyl (C=O) groups is 1. The minimum absolute atomic E-state index is 0.00259. The molecule has 1 heterocycles. The maximum atomic E-state index is 12.1. The predicted octanol–water partition coefficient (Wildman–Crippen LogP) is 2.84.